The summed E-state index contributed by atoms with van der Waals surface area (Å²) in [6.45, 7) is 3.72. The van der Waals surface area contributed by atoms with Crippen LogP contribution in [0.4, 0.5) is 0 Å². The Morgan fingerprint density at radius 3 is 2.65 bits per heavy atom. The van der Waals surface area contributed by atoms with Crippen molar-refractivity contribution < 1.29 is 34.1 Å². The molecule has 0 saturated heterocycles. The highest BCUT2D eigenvalue weighted by Gasteiger charge is 2.40. The van der Waals surface area contributed by atoms with Crippen molar-refractivity contribution >= 4 is 51.6 Å². The van der Waals surface area contributed by atoms with E-state index in [1.165, 1.54) is 25.3 Å². The molecule has 0 fully saturated rings. The highest BCUT2D eigenvalue weighted by Crippen LogP contribution is 2.37. The number of H-pyrrole nitrogens is 1. The minimum atomic E-state index is -1.21. The lowest BCUT2D eigenvalue weighted by atomic mass is 9.88. The normalized spacial score (nSPS) is 18.0. The van der Waals surface area contributed by atoms with E-state index in [2.05, 4.69) is 10.3 Å². The minimum Gasteiger partial charge on any atom is -0.493 e. The number of rotatable bonds is 12. The summed E-state index contributed by atoms with van der Waals surface area (Å²) >= 11 is 2.02. The summed E-state index contributed by atoms with van der Waals surface area (Å²) < 4.78 is 12.3. The monoisotopic (exact) mass is 701 g/mol. The number of aromatic amines is 1. The molecule has 11 heteroatoms. The van der Waals surface area contributed by atoms with Crippen molar-refractivity contribution in [3.63, 3.8) is 0 Å². The number of para-hydroxylation sites is 1. The van der Waals surface area contributed by atoms with Gasteiger partial charge in [0.15, 0.2) is 11.5 Å². The third-order valence-electron chi connectivity index (χ3n) is 7.16. The molecule has 0 bridgehead atoms. The van der Waals surface area contributed by atoms with E-state index in [-0.39, 0.29) is 32.0 Å². The van der Waals surface area contributed by atoms with E-state index in [9.17, 15) is 24.6 Å². The highest BCUT2D eigenvalue weighted by molar-refractivity contribution is 14.1. The number of aliphatic hydroxyl groups excluding tert-OH is 2. The molecule has 228 valence electrons. The number of benzene rings is 2. The van der Waals surface area contributed by atoms with E-state index in [1.54, 1.807) is 11.0 Å². The molecular formula is C32H36IN3O7. The fraction of sp³-hybridized carbons (Fsp3) is 0.344. The first-order chi connectivity index (χ1) is 20.6. The number of nitrogens with one attached hydrogen (secondary N) is 2. The summed E-state index contributed by atoms with van der Waals surface area (Å²) in [5, 5.41) is 24.7. The number of ether oxygens (including phenoxy) is 2. The number of hydrogen-bond acceptors (Lipinski definition) is 7. The first-order valence-corrected chi connectivity index (χ1v) is 15.0. The van der Waals surface area contributed by atoms with Gasteiger partial charge in [0.1, 0.15) is 18.5 Å². The summed E-state index contributed by atoms with van der Waals surface area (Å²) in [5.74, 6) is -0.134. The molecule has 2 aromatic carbocycles. The van der Waals surface area contributed by atoms with Gasteiger partial charge in [0.25, 0.3) is 0 Å². The second kappa shape index (κ2) is 14.7. The third kappa shape index (κ3) is 7.84. The number of carbonyl (C=O) groups is 3. The van der Waals surface area contributed by atoms with Crippen LogP contribution in [0, 0.1) is 3.57 Å². The molecule has 1 aromatic heterocycles. The van der Waals surface area contributed by atoms with Crippen molar-refractivity contribution in [2.75, 3.05) is 26.8 Å². The molecule has 0 saturated carbocycles. The number of aromatic nitrogens is 1. The number of methoxy groups -OCH3 is 1. The van der Waals surface area contributed by atoms with Gasteiger partial charge in [-0.15, -0.1) is 0 Å². The summed E-state index contributed by atoms with van der Waals surface area (Å²) in [6, 6.07) is 12.3. The quantitative estimate of drug-likeness (QED) is 0.129. The van der Waals surface area contributed by atoms with E-state index in [0.717, 1.165) is 22.2 Å². The molecule has 1 heterocycles. The van der Waals surface area contributed by atoms with E-state index in [1.807, 2.05) is 66.8 Å². The van der Waals surface area contributed by atoms with Crippen molar-refractivity contribution in [1.29, 1.82) is 0 Å². The second-order valence-electron chi connectivity index (χ2n) is 10.6. The summed E-state index contributed by atoms with van der Waals surface area (Å²) in [5.41, 5.74) is 3.42. The molecule has 1 aliphatic rings. The lowest BCUT2D eigenvalue weighted by Gasteiger charge is -2.40. The number of amides is 2. The Bertz CT molecular complexity index is 1510. The Labute approximate surface area is 263 Å². The van der Waals surface area contributed by atoms with Gasteiger partial charge in [0, 0.05) is 54.4 Å². The van der Waals surface area contributed by atoms with Crippen LogP contribution in [0.2, 0.25) is 0 Å². The average molecular weight is 702 g/mol. The molecule has 4 rings (SSSR count). The number of hydrogen-bond donors (Lipinski definition) is 4. The van der Waals surface area contributed by atoms with Crippen LogP contribution in [-0.2, 0) is 16.0 Å². The van der Waals surface area contributed by atoms with Crippen LogP contribution in [0.5, 0.6) is 11.5 Å². The Morgan fingerprint density at radius 1 is 1.21 bits per heavy atom. The summed E-state index contributed by atoms with van der Waals surface area (Å²) in [4.78, 5) is 43.1. The molecule has 0 radical (unpaired) electrons. The molecule has 10 nitrogen and oxygen atoms in total. The average Bonchev–Trinajstić information content (AvgIpc) is 3.40. The zero-order valence-corrected chi connectivity index (χ0v) is 26.5. The van der Waals surface area contributed by atoms with Gasteiger partial charge >= 0.3 is 0 Å². The molecular weight excluding hydrogens is 665 g/mol. The fourth-order valence-electron chi connectivity index (χ4n) is 5.12. The van der Waals surface area contributed by atoms with Gasteiger partial charge in [-0.25, -0.2) is 0 Å². The molecule has 3 atom stereocenters. The zero-order valence-electron chi connectivity index (χ0n) is 24.3. The van der Waals surface area contributed by atoms with Gasteiger partial charge < -0.3 is 34.9 Å². The third-order valence-corrected chi connectivity index (χ3v) is 7.96. The van der Waals surface area contributed by atoms with Crippen LogP contribution in [0.15, 0.2) is 65.8 Å². The molecule has 0 aliphatic heterocycles. The van der Waals surface area contributed by atoms with Crippen LogP contribution in [0.1, 0.15) is 36.3 Å². The topological polar surface area (TPSA) is 141 Å². The number of aldehydes is 1. The fourth-order valence-corrected chi connectivity index (χ4v) is 5.87. The van der Waals surface area contributed by atoms with E-state index in [4.69, 9.17) is 9.47 Å². The first kappa shape index (κ1) is 32.2. The maximum absolute atomic E-state index is 13.6. The van der Waals surface area contributed by atoms with Crippen LogP contribution in [0.3, 0.4) is 0 Å². The first-order valence-electron chi connectivity index (χ1n) is 13.9. The van der Waals surface area contributed by atoms with Crippen LogP contribution >= 0.6 is 22.6 Å². The van der Waals surface area contributed by atoms with Gasteiger partial charge in [-0.05, 0) is 72.2 Å². The molecule has 2 amide bonds. The van der Waals surface area contributed by atoms with Crippen molar-refractivity contribution in [1.82, 2.24) is 15.2 Å². The second-order valence-corrected chi connectivity index (χ2v) is 11.7. The lowest BCUT2D eigenvalue weighted by molar-refractivity contribution is -0.133. The number of halogens is 1. The maximum atomic E-state index is 13.6. The molecule has 43 heavy (non-hydrogen) atoms. The minimum absolute atomic E-state index is 0.0502. The van der Waals surface area contributed by atoms with Crippen LogP contribution < -0.4 is 14.8 Å². The molecule has 0 unspecified atom stereocenters. The van der Waals surface area contributed by atoms with Crippen molar-refractivity contribution in [3.05, 3.63) is 80.6 Å². The van der Waals surface area contributed by atoms with Gasteiger partial charge in [-0.2, -0.15) is 0 Å². The van der Waals surface area contributed by atoms with Crippen molar-refractivity contribution in [3.8, 4) is 11.5 Å². The van der Waals surface area contributed by atoms with Crippen molar-refractivity contribution in [2.24, 2.45) is 0 Å². The summed E-state index contributed by atoms with van der Waals surface area (Å²) in [6.07, 6.45) is 2.07. The van der Waals surface area contributed by atoms with Gasteiger partial charge in [-0.3, -0.25) is 14.4 Å². The molecule has 3 aromatic rings. The highest BCUT2D eigenvalue weighted by atomic mass is 127. The number of allylic oxidation sites excluding steroid dienone is 1. The number of nitrogens with zero attached hydrogens (tertiary/aromatic N) is 1. The molecule has 1 aliphatic carbocycles. The van der Waals surface area contributed by atoms with E-state index in [0.29, 0.717) is 38.9 Å². The maximum Gasteiger partial charge on any atom is 0.247 e. The number of aliphatic hydroxyl groups is 2. The predicted octanol–water partition coefficient (Wildman–Crippen LogP) is 3.55. The Hall–Kier alpha value is -3.68. The van der Waals surface area contributed by atoms with Crippen LogP contribution in [0.25, 0.3) is 10.9 Å². The zero-order chi connectivity index (χ0) is 31.1. The lowest BCUT2D eigenvalue weighted by Crippen LogP contribution is -2.55. The largest absolute Gasteiger partial charge is 0.493 e. The van der Waals surface area contributed by atoms with E-state index >= 15 is 0 Å². The summed E-state index contributed by atoms with van der Waals surface area (Å²) in [7, 11) is 1.44. The van der Waals surface area contributed by atoms with Gasteiger partial charge in [0.05, 0.1) is 23.3 Å². The number of fused-ring (bicyclic) bond motifs is 1. The SMILES string of the molecule is COc1cc(C=O)cc(I)c1O[C@H]1C=C(C(=O)NCCO)C[C@@H](N(CCc2cc3ccccc3[nH]2)C(=O)C=C(C)C)[C@@H]1O. The van der Waals surface area contributed by atoms with Crippen molar-refractivity contribution in [2.45, 2.75) is 44.9 Å². The Balaban J connectivity index is 1.70. The molecule has 4 N–H and O–H groups in total. The predicted molar refractivity (Wildman–Crippen MR) is 171 cm³/mol. The molecule has 0 spiro atoms. The van der Waals surface area contributed by atoms with Gasteiger partial charge in [0.2, 0.25) is 11.8 Å². The van der Waals surface area contributed by atoms with E-state index < -0.39 is 24.2 Å². The number of carbonyl (C=O) groups excluding carboxylic acids is 3. The Morgan fingerprint density at radius 2 is 1.98 bits per heavy atom. The standard InChI is InChI=1S/C32H36IN3O7/c1-19(2)12-29(39)36(10-8-23-15-21-6-4-5-7-25(21)35-23)26-16-22(32(41)34-9-11-37)17-27(30(26)40)43-31-24(33)13-20(18-38)14-28(31)42-3/h4-7,12-15,17-18,26-27,30,35,37,40H,8-11,16H2,1-3H3,(H,34,41)/t26-,27+,30+/m1/s1. The van der Waals surface area contributed by atoms with Gasteiger partial charge in [-0.1, -0.05) is 23.8 Å². The Kier molecular flexibility index (Phi) is 11.0. The van der Waals surface area contributed by atoms with Crippen LogP contribution in [-0.4, -0.2) is 83.3 Å². The smallest absolute Gasteiger partial charge is 0.247 e.